The number of pyridine rings is 2. The van der Waals surface area contributed by atoms with E-state index in [-0.39, 0.29) is 0 Å². The second kappa shape index (κ2) is 7.40. The molecule has 0 aliphatic heterocycles. The van der Waals surface area contributed by atoms with Gasteiger partial charge < -0.3 is 0 Å². The van der Waals surface area contributed by atoms with Crippen molar-refractivity contribution in [1.82, 2.24) is 19.5 Å². The van der Waals surface area contributed by atoms with E-state index in [9.17, 15) is 0 Å². The van der Waals surface area contributed by atoms with Gasteiger partial charge in [-0.25, -0.2) is 9.97 Å². The fourth-order valence-corrected chi connectivity index (χ4v) is 3.07. The predicted molar refractivity (Wildman–Crippen MR) is 113 cm³/mol. The summed E-state index contributed by atoms with van der Waals surface area (Å²) >= 11 is 6.05. The van der Waals surface area contributed by atoms with Crippen LogP contribution in [-0.2, 0) is 0 Å². The zero-order chi connectivity index (χ0) is 19.7. The highest BCUT2D eigenvalue weighted by atomic mass is 35.5. The summed E-state index contributed by atoms with van der Waals surface area (Å²) in [5.41, 5.74) is 8.66. The molecule has 0 saturated carbocycles. The third kappa shape index (κ3) is 3.46. The molecule has 4 rings (SSSR count). The normalized spacial score (nSPS) is 11.8. The molecule has 0 spiro atoms. The van der Waals surface area contributed by atoms with Crippen molar-refractivity contribution in [2.45, 2.75) is 20.8 Å². The number of rotatable bonds is 4. The summed E-state index contributed by atoms with van der Waals surface area (Å²) < 4.78 is 1.97. The number of aromatic nitrogens is 4. The van der Waals surface area contributed by atoms with Gasteiger partial charge in [-0.05, 0) is 57.2 Å². The largest absolute Gasteiger partial charge is 0.287 e. The maximum absolute atomic E-state index is 6.05. The van der Waals surface area contributed by atoms with Gasteiger partial charge in [-0.1, -0.05) is 11.6 Å². The first-order valence-corrected chi connectivity index (χ1v) is 9.22. The van der Waals surface area contributed by atoms with Gasteiger partial charge in [0.1, 0.15) is 12.1 Å². The van der Waals surface area contributed by atoms with Crippen LogP contribution in [0.5, 0.6) is 0 Å². The number of aryl methyl sites for hydroxylation is 1. The van der Waals surface area contributed by atoms with E-state index in [1.54, 1.807) is 12.5 Å². The molecule has 3 aromatic heterocycles. The van der Waals surface area contributed by atoms with Gasteiger partial charge in [-0.15, -0.1) is 0 Å². The standard InChI is InChI=1S/C21H19ClN6/c1-13-15(3)28(12-25-13)21-7-4-16(11-24-21)14(2)26-27-19-8-9-23-20-10-17(22)5-6-18(19)20/h4-12H,1-3H3,(H,23,27). The lowest BCUT2D eigenvalue weighted by Crippen LogP contribution is -2.03. The van der Waals surface area contributed by atoms with E-state index in [0.29, 0.717) is 5.02 Å². The number of imidazole rings is 1. The molecule has 1 N–H and O–H groups in total. The number of nitrogens with zero attached hydrogens (tertiary/aromatic N) is 5. The minimum absolute atomic E-state index is 0.659. The van der Waals surface area contributed by atoms with Crippen LogP contribution in [0.1, 0.15) is 23.9 Å². The summed E-state index contributed by atoms with van der Waals surface area (Å²) in [6, 6.07) is 11.5. The van der Waals surface area contributed by atoms with Crippen LogP contribution in [-0.4, -0.2) is 25.2 Å². The molecule has 140 valence electrons. The second-order valence-electron chi connectivity index (χ2n) is 6.52. The molecule has 0 bridgehead atoms. The molecule has 7 heteroatoms. The van der Waals surface area contributed by atoms with E-state index in [1.165, 1.54) is 0 Å². The highest BCUT2D eigenvalue weighted by molar-refractivity contribution is 6.31. The van der Waals surface area contributed by atoms with Crippen molar-refractivity contribution >= 4 is 33.9 Å². The first kappa shape index (κ1) is 18.1. The van der Waals surface area contributed by atoms with Crippen LogP contribution >= 0.6 is 11.6 Å². The van der Waals surface area contributed by atoms with Crippen LogP contribution in [0.25, 0.3) is 16.7 Å². The summed E-state index contributed by atoms with van der Waals surface area (Å²) in [4.78, 5) is 13.2. The third-order valence-corrected chi connectivity index (χ3v) is 4.95. The minimum Gasteiger partial charge on any atom is -0.287 e. The lowest BCUT2D eigenvalue weighted by molar-refractivity contribution is 0.949. The molecule has 0 aliphatic carbocycles. The molecule has 0 aliphatic rings. The molecule has 0 amide bonds. The number of hydrazone groups is 1. The molecule has 28 heavy (non-hydrogen) atoms. The topological polar surface area (TPSA) is 68.0 Å². The quantitative estimate of drug-likeness (QED) is 0.396. The Morgan fingerprint density at radius 3 is 2.64 bits per heavy atom. The zero-order valence-corrected chi connectivity index (χ0v) is 16.6. The lowest BCUT2D eigenvalue weighted by atomic mass is 10.2. The summed E-state index contributed by atoms with van der Waals surface area (Å²) in [7, 11) is 0. The number of benzene rings is 1. The number of hydrogen-bond acceptors (Lipinski definition) is 5. The fraction of sp³-hybridized carbons (Fsp3) is 0.143. The Labute approximate surface area is 167 Å². The van der Waals surface area contributed by atoms with Gasteiger partial charge in [0.2, 0.25) is 0 Å². The van der Waals surface area contributed by atoms with Crippen LogP contribution in [0.3, 0.4) is 0 Å². The van der Waals surface area contributed by atoms with Crippen LogP contribution < -0.4 is 5.43 Å². The lowest BCUT2D eigenvalue weighted by Gasteiger charge is -2.08. The molecule has 1 aromatic carbocycles. The number of hydrogen-bond donors (Lipinski definition) is 1. The molecule has 0 atom stereocenters. The Balaban J connectivity index is 1.57. The highest BCUT2D eigenvalue weighted by Gasteiger charge is 2.07. The fourth-order valence-electron chi connectivity index (χ4n) is 2.90. The molecular weight excluding hydrogens is 372 g/mol. The van der Waals surface area contributed by atoms with E-state index >= 15 is 0 Å². The van der Waals surface area contributed by atoms with Crippen molar-refractivity contribution in [2.75, 3.05) is 5.43 Å². The Kier molecular flexibility index (Phi) is 4.79. The van der Waals surface area contributed by atoms with E-state index < -0.39 is 0 Å². The molecule has 0 radical (unpaired) electrons. The van der Waals surface area contributed by atoms with Crippen LogP contribution in [0, 0.1) is 13.8 Å². The second-order valence-corrected chi connectivity index (χ2v) is 6.96. The van der Waals surface area contributed by atoms with E-state index in [1.807, 2.05) is 67.9 Å². The number of fused-ring (bicyclic) bond motifs is 1. The van der Waals surface area contributed by atoms with Crippen LogP contribution in [0.15, 0.2) is 60.2 Å². The zero-order valence-electron chi connectivity index (χ0n) is 15.8. The van der Waals surface area contributed by atoms with Gasteiger partial charge in [0, 0.05) is 34.1 Å². The Morgan fingerprint density at radius 2 is 1.93 bits per heavy atom. The summed E-state index contributed by atoms with van der Waals surface area (Å²) in [5, 5.41) is 6.13. The van der Waals surface area contributed by atoms with Crippen molar-refractivity contribution < 1.29 is 0 Å². The van der Waals surface area contributed by atoms with Crippen molar-refractivity contribution in [3.05, 3.63) is 77.1 Å². The van der Waals surface area contributed by atoms with E-state index in [2.05, 4.69) is 25.5 Å². The van der Waals surface area contributed by atoms with Crippen LogP contribution in [0.2, 0.25) is 5.02 Å². The minimum atomic E-state index is 0.659. The van der Waals surface area contributed by atoms with E-state index in [4.69, 9.17) is 11.6 Å². The smallest absolute Gasteiger partial charge is 0.138 e. The molecule has 0 fully saturated rings. The SMILES string of the molecule is CC(=NNc1ccnc2cc(Cl)ccc12)c1ccc(-n2cnc(C)c2C)nc1. The summed E-state index contributed by atoms with van der Waals surface area (Å²) in [6.45, 7) is 5.96. The Hall–Kier alpha value is -3.25. The van der Waals surface area contributed by atoms with Crippen molar-refractivity contribution in [1.29, 1.82) is 0 Å². The van der Waals surface area contributed by atoms with Gasteiger partial charge in [-0.3, -0.25) is 15.0 Å². The summed E-state index contributed by atoms with van der Waals surface area (Å²) in [6.07, 6.45) is 5.34. The average Bonchev–Trinajstić information content (AvgIpc) is 3.04. The summed E-state index contributed by atoms with van der Waals surface area (Å²) in [5.74, 6) is 0.833. The van der Waals surface area contributed by atoms with Gasteiger partial charge in [-0.2, -0.15) is 5.10 Å². The van der Waals surface area contributed by atoms with Crippen molar-refractivity contribution in [3.63, 3.8) is 0 Å². The first-order valence-electron chi connectivity index (χ1n) is 8.85. The van der Waals surface area contributed by atoms with Gasteiger partial charge >= 0.3 is 0 Å². The average molecular weight is 391 g/mol. The number of nitrogens with one attached hydrogen (secondary N) is 1. The molecule has 4 aromatic rings. The molecule has 0 saturated heterocycles. The molecule has 0 unspecified atom stereocenters. The molecular formula is C21H19ClN6. The van der Waals surface area contributed by atoms with Crippen molar-refractivity contribution in [3.8, 4) is 5.82 Å². The Bertz CT molecular complexity index is 1180. The first-order chi connectivity index (χ1) is 13.5. The number of halogens is 1. The van der Waals surface area contributed by atoms with Gasteiger partial charge in [0.05, 0.1) is 22.6 Å². The predicted octanol–water partition coefficient (Wildman–Crippen LogP) is 4.92. The number of anilines is 1. The maximum Gasteiger partial charge on any atom is 0.138 e. The van der Waals surface area contributed by atoms with Crippen LogP contribution in [0.4, 0.5) is 5.69 Å². The molecule has 3 heterocycles. The molecule has 6 nitrogen and oxygen atoms in total. The van der Waals surface area contributed by atoms with E-state index in [0.717, 1.165) is 45.1 Å². The highest BCUT2D eigenvalue weighted by Crippen LogP contribution is 2.24. The third-order valence-electron chi connectivity index (χ3n) is 4.71. The maximum atomic E-state index is 6.05. The van der Waals surface area contributed by atoms with Gasteiger partial charge in [0.25, 0.3) is 0 Å². The van der Waals surface area contributed by atoms with Crippen molar-refractivity contribution in [2.24, 2.45) is 5.10 Å². The monoisotopic (exact) mass is 390 g/mol. The van der Waals surface area contributed by atoms with Gasteiger partial charge in [0.15, 0.2) is 0 Å². The Morgan fingerprint density at radius 1 is 1.07 bits per heavy atom.